The van der Waals surface area contributed by atoms with Gasteiger partial charge in [-0.3, -0.25) is 14.6 Å². The summed E-state index contributed by atoms with van der Waals surface area (Å²) in [4.78, 5) is 12.4. The van der Waals surface area contributed by atoms with Gasteiger partial charge in [0.25, 0.3) is 5.91 Å². The van der Waals surface area contributed by atoms with Crippen molar-refractivity contribution in [3.8, 4) is 0 Å². The highest BCUT2D eigenvalue weighted by Crippen LogP contribution is 2.62. The number of carbonyl (C=O) groups excluding carboxylic acids is 1. The maximum absolute atomic E-state index is 13.5. The molecule has 158 valence electrons. The van der Waals surface area contributed by atoms with E-state index in [1.165, 1.54) is 0 Å². The quantitative estimate of drug-likeness (QED) is 0.259. The molecule has 1 atom stereocenters. The average Bonchev–Trinajstić information content (AvgIpc) is 2.71. The van der Waals surface area contributed by atoms with Gasteiger partial charge in [-0.15, -0.1) is 0 Å². The monoisotopic (exact) mass is 459 g/mol. The first kappa shape index (κ1) is 23.9. The van der Waals surface area contributed by atoms with E-state index in [1.54, 1.807) is 62.4 Å². The summed E-state index contributed by atoms with van der Waals surface area (Å²) in [5.74, 6) is -0.554. The fourth-order valence-corrected chi connectivity index (χ4v) is 5.30. The van der Waals surface area contributed by atoms with Gasteiger partial charge in [0.05, 0.1) is 28.9 Å². The lowest BCUT2D eigenvalue weighted by molar-refractivity contribution is -0.0590. The number of benzene rings is 2. The third kappa shape index (κ3) is 6.29. The molecular formula is C20H24Cl2NO5P. The summed E-state index contributed by atoms with van der Waals surface area (Å²) in [6, 6.07) is 13.3. The molecule has 1 N–H and O–H groups in total. The standard InChI is InChI=1S/C20H24Cl2NO5P/c1-3-27-29(26,28-4-2)19(16-10-11-17(21)18(22)14-16)12-13-23(25)20(24)15-8-6-5-7-9-15/h5-11,14,19,25H,3-4,12-13H2,1-2H3. The molecule has 2 aromatic rings. The molecular weight excluding hydrogens is 436 g/mol. The molecule has 0 heterocycles. The Bertz CT molecular complexity index is 855. The van der Waals surface area contributed by atoms with Crippen LogP contribution in [0.2, 0.25) is 10.0 Å². The summed E-state index contributed by atoms with van der Waals surface area (Å²) in [6.45, 7) is 3.72. The Morgan fingerprint density at radius 3 is 2.24 bits per heavy atom. The van der Waals surface area contributed by atoms with Gasteiger partial charge >= 0.3 is 7.60 Å². The minimum absolute atomic E-state index is 0.0806. The molecule has 2 rings (SSSR count). The van der Waals surface area contributed by atoms with Crippen LogP contribution in [0.4, 0.5) is 0 Å². The van der Waals surface area contributed by atoms with Crippen molar-refractivity contribution in [3.63, 3.8) is 0 Å². The minimum atomic E-state index is -3.60. The topological polar surface area (TPSA) is 76.1 Å². The van der Waals surface area contributed by atoms with Crippen LogP contribution in [0.25, 0.3) is 0 Å². The van der Waals surface area contributed by atoms with Crippen molar-refractivity contribution in [2.24, 2.45) is 0 Å². The highest BCUT2D eigenvalue weighted by molar-refractivity contribution is 7.54. The number of nitrogens with zero attached hydrogens (tertiary/aromatic N) is 1. The second-order valence-corrected chi connectivity index (χ2v) is 9.18. The zero-order valence-electron chi connectivity index (χ0n) is 16.3. The molecule has 0 aliphatic rings. The minimum Gasteiger partial charge on any atom is -0.308 e. The Morgan fingerprint density at radius 1 is 1.07 bits per heavy atom. The van der Waals surface area contributed by atoms with Gasteiger partial charge in [0.1, 0.15) is 0 Å². The van der Waals surface area contributed by atoms with E-state index >= 15 is 0 Å². The molecule has 29 heavy (non-hydrogen) atoms. The van der Waals surface area contributed by atoms with Crippen molar-refractivity contribution >= 4 is 36.7 Å². The Labute approximate surface area is 180 Å². The number of hydroxylamine groups is 2. The highest BCUT2D eigenvalue weighted by atomic mass is 35.5. The van der Waals surface area contributed by atoms with E-state index in [4.69, 9.17) is 32.2 Å². The summed E-state index contributed by atoms with van der Waals surface area (Å²) >= 11 is 12.1. The van der Waals surface area contributed by atoms with Crippen molar-refractivity contribution in [2.75, 3.05) is 19.8 Å². The van der Waals surface area contributed by atoms with E-state index in [9.17, 15) is 14.6 Å². The maximum atomic E-state index is 13.5. The second kappa shape index (κ2) is 11.1. The summed E-state index contributed by atoms with van der Waals surface area (Å²) in [7, 11) is -3.60. The first-order valence-corrected chi connectivity index (χ1v) is 11.6. The van der Waals surface area contributed by atoms with Crippen LogP contribution in [-0.4, -0.2) is 35.9 Å². The van der Waals surface area contributed by atoms with E-state index < -0.39 is 19.2 Å². The van der Waals surface area contributed by atoms with Crippen LogP contribution in [0.1, 0.15) is 41.8 Å². The lowest BCUT2D eigenvalue weighted by Gasteiger charge is -2.28. The van der Waals surface area contributed by atoms with Gasteiger partial charge in [-0.2, -0.15) is 0 Å². The van der Waals surface area contributed by atoms with Gasteiger partial charge in [0.15, 0.2) is 0 Å². The van der Waals surface area contributed by atoms with Crippen LogP contribution >= 0.6 is 30.8 Å². The molecule has 0 saturated carbocycles. The molecule has 1 unspecified atom stereocenters. The summed E-state index contributed by atoms with van der Waals surface area (Å²) < 4.78 is 24.5. The van der Waals surface area contributed by atoms with Crippen molar-refractivity contribution in [3.05, 3.63) is 69.7 Å². The third-order valence-corrected chi connectivity index (χ3v) is 7.49. The Hall–Kier alpha value is -1.40. The highest BCUT2D eigenvalue weighted by Gasteiger charge is 2.37. The lowest BCUT2D eigenvalue weighted by Crippen LogP contribution is -2.29. The van der Waals surface area contributed by atoms with Crippen LogP contribution in [0.15, 0.2) is 48.5 Å². The Balaban J connectivity index is 2.28. The number of amides is 1. The molecule has 0 fully saturated rings. The maximum Gasteiger partial charge on any atom is 0.338 e. The van der Waals surface area contributed by atoms with E-state index in [-0.39, 0.29) is 26.2 Å². The van der Waals surface area contributed by atoms with Crippen molar-refractivity contribution in [1.29, 1.82) is 0 Å². The van der Waals surface area contributed by atoms with Crippen LogP contribution in [-0.2, 0) is 13.6 Å². The smallest absolute Gasteiger partial charge is 0.308 e. The summed E-state index contributed by atoms with van der Waals surface area (Å²) in [5, 5.41) is 11.5. The predicted molar refractivity (Wildman–Crippen MR) is 114 cm³/mol. The van der Waals surface area contributed by atoms with E-state index in [1.807, 2.05) is 0 Å². The van der Waals surface area contributed by atoms with Crippen molar-refractivity contribution in [2.45, 2.75) is 25.9 Å². The van der Waals surface area contributed by atoms with E-state index in [2.05, 4.69) is 0 Å². The molecule has 0 radical (unpaired) electrons. The molecule has 0 spiro atoms. The van der Waals surface area contributed by atoms with E-state index in [0.29, 0.717) is 26.2 Å². The summed E-state index contributed by atoms with van der Waals surface area (Å²) in [5.41, 5.74) is 0.194. The van der Waals surface area contributed by atoms with Gasteiger partial charge in [-0.05, 0) is 50.1 Å². The fourth-order valence-electron chi connectivity index (χ4n) is 2.88. The molecule has 0 aliphatic carbocycles. The van der Waals surface area contributed by atoms with Crippen LogP contribution in [0.5, 0.6) is 0 Å². The number of hydrogen-bond donors (Lipinski definition) is 1. The zero-order chi connectivity index (χ0) is 21.4. The first-order valence-electron chi connectivity index (χ1n) is 9.22. The van der Waals surface area contributed by atoms with Gasteiger partial charge in [0.2, 0.25) is 0 Å². The van der Waals surface area contributed by atoms with Gasteiger partial charge < -0.3 is 9.05 Å². The van der Waals surface area contributed by atoms with Crippen LogP contribution in [0, 0.1) is 0 Å². The fraction of sp³-hybridized carbons (Fsp3) is 0.350. The Kier molecular flexibility index (Phi) is 9.15. The summed E-state index contributed by atoms with van der Waals surface area (Å²) in [6.07, 6.45) is 0.129. The van der Waals surface area contributed by atoms with Gasteiger partial charge in [0, 0.05) is 12.1 Å². The molecule has 0 saturated heterocycles. The largest absolute Gasteiger partial charge is 0.338 e. The van der Waals surface area contributed by atoms with Gasteiger partial charge in [-0.1, -0.05) is 47.5 Å². The normalized spacial score (nSPS) is 12.6. The molecule has 0 bridgehead atoms. The molecule has 2 aromatic carbocycles. The number of halogens is 2. The van der Waals surface area contributed by atoms with Crippen LogP contribution < -0.4 is 0 Å². The molecule has 9 heteroatoms. The number of hydrogen-bond acceptors (Lipinski definition) is 5. The van der Waals surface area contributed by atoms with Crippen LogP contribution in [0.3, 0.4) is 0 Å². The lowest BCUT2D eigenvalue weighted by atomic mass is 10.1. The van der Waals surface area contributed by atoms with Crippen molar-refractivity contribution < 1.29 is 23.6 Å². The zero-order valence-corrected chi connectivity index (χ0v) is 18.7. The SMILES string of the molecule is CCOP(=O)(OCC)C(CCN(O)C(=O)c1ccccc1)c1ccc(Cl)c(Cl)c1. The van der Waals surface area contributed by atoms with Gasteiger partial charge in [-0.25, -0.2) is 5.06 Å². The number of carbonyl (C=O) groups is 1. The second-order valence-electron chi connectivity index (χ2n) is 6.15. The van der Waals surface area contributed by atoms with Crippen molar-refractivity contribution in [1.82, 2.24) is 5.06 Å². The predicted octanol–water partition coefficient (Wildman–Crippen LogP) is 6.22. The first-order chi connectivity index (χ1) is 13.8. The average molecular weight is 460 g/mol. The van der Waals surface area contributed by atoms with E-state index in [0.717, 1.165) is 0 Å². The molecule has 0 aromatic heterocycles. The number of rotatable bonds is 10. The molecule has 6 nitrogen and oxygen atoms in total. The Morgan fingerprint density at radius 2 is 1.69 bits per heavy atom. The molecule has 0 aliphatic heterocycles. The molecule has 1 amide bonds. The third-order valence-electron chi connectivity index (χ3n) is 4.20.